The number of rotatable bonds is 8. The third-order valence-corrected chi connectivity index (χ3v) is 4.17. The number of hydrogen-bond donors (Lipinski definition) is 3. The average molecular weight is 363 g/mol. The zero-order valence-corrected chi connectivity index (χ0v) is 17.4. The van der Waals surface area contributed by atoms with Gasteiger partial charge in [0.15, 0.2) is 13.1 Å². The van der Waals surface area contributed by atoms with E-state index in [1.54, 1.807) is 0 Å². The van der Waals surface area contributed by atoms with Gasteiger partial charge in [0.25, 0.3) is 11.8 Å². The Balaban J connectivity index is 2.63. The molecule has 1 rings (SSSR count). The van der Waals surface area contributed by atoms with E-state index in [2.05, 4.69) is 55.7 Å². The predicted octanol–water partition coefficient (Wildman–Crippen LogP) is 1.49. The maximum atomic E-state index is 12.5. The van der Waals surface area contributed by atoms with Gasteiger partial charge in [-0.15, -0.1) is 0 Å². The second kappa shape index (κ2) is 9.72. The summed E-state index contributed by atoms with van der Waals surface area (Å²) in [5, 5.41) is 6.06. The third-order valence-electron chi connectivity index (χ3n) is 4.17. The van der Waals surface area contributed by atoms with Crippen molar-refractivity contribution in [3.63, 3.8) is 0 Å². The van der Waals surface area contributed by atoms with Crippen LogP contribution in [0.5, 0.6) is 0 Å². The second-order valence-corrected chi connectivity index (χ2v) is 8.49. The number of benzene rings is 1. The van der Waals surface area contributed by atoms with E-state index >= 15 is 0 Å². The smallest absolute Gasteiger partial charge is 0.275 e. The maximum Gasteiger partial charge on any atom is 0.275 e. The summed E-state index contributed by atoms with van der Waals surface area (Å²) in [5.74, 6) is 0.207. The highest BCUT2D eigenvalue weighted by molar-refractivity contribution is 5.79. The molecule has 1 aromatic rings. The molecular weight excluding hydrogens is 326 g/mol. The number of quaternary nitrogens is 1. The zero-order chi connectivity index (χ0) is 19.9. The van der Waals surface area contributed by atoms with Crippen LogP contribution in [0.2, 0.25) is 0 Å². The molecule has 0 radical (unpaired) electrons. The molecule has 26 heavy (non-hydrogen) atoms. The Morgan fingerprint density at radius 2 is 1.58 bits per heavy atom. The summed E-state index contributed by atoms with van der Waals surface area (Å²) in [6.07, 6.45) is 1.00. The van der Waals surface area contributed by atoms with E-state index in [0.29, 0.717) is 0 Å². The fourth-order valence-corrected chi connectivity index (χ4v) is 2.89. The summed E-state index contributed by atoms with van der Waals surface area (Å²) in [4.78, 5) is 25.3. The van der Waals surface area contributed by atoms with Gasteiger partial charge < -0.3 is 15.5 Å². The fraction of sp³-hybridized carbons (Fsp3) is 0.619. The van der Waals surface area contributed by atoms with Crippen molar-refractivity contribution in [2.75, 3.05) is 20.1 Å². The van der Waals surface area contributed by atoms with Crippen LogP contribution >= 0.6 is 0 Å². The predicted molar refractivity (Wildman–Crippen MR) is 106 cm³/mol. The Kier molecular flexibility index (Phi) is 8.28. The zero-order valence-electron chi connectivity index (χ0n) is 17.4. The first kappa shape index (κ1) is 22.2. The van der Waals surface area contributed by atoms with Crippen LogP contribution in [-0.4, -0.2) is 37.5 Å². The highest BCUT2D eigenvalue weighted by Gasteiger charge is 2.22. The van der Waals surface area contributed by atoms with Gasteiger partial charge in [0.1, 0.15) is 0 Å². The van der Waals surface area contributed by atoms with Crippen molar-refractivity contribution in [1.29, 1.82) is 0 Å². The molecule has 0 aromatic heterocycles. The molecule has 3 N–H and O–H groups in total. The van der Waals surface area contributed by atoms with Crippen LogP contribution in [0.4, 0.5) is 0 Å². The molecule has 0 saturated heterocycles. The molecule has 146 valence electrons. The summed E-state index contributed by atoms with van der Waals surface area (Å²) in [7, 11) is 1.86. The quantitative estimate of drug-likeness (QED) is 0.656. The summed E-state index contributed by atoms with van der Waals surface area (Å²) in [6, 6.07) is 8.40. The number of carbonyl (C=O) groups excluding carboxylic acids is 2. The standard InChI is InChI=1S/C21H35N3O2/c1-8-16-9-11-17(12-10-16)20(15(2)3)22-18(25)13-24(7)14-19(26)23-21(4,5)6/h9-12,15,20H,8,13-14H2,1-7H3,(H,22,25)(H,23,26)/p+1/t20-/m0/s1. The molecular formula is C21H36N3O2+. The largest absolute Gasteiger partial charge is 0.347 e. The van der Waals surface area contributed by atoms with Gasteiger partial charge >= 0.3 is 0 Å². The maximum absolute atomic E-state index is 12.5. The van der Waals surface area contributed by atoms with E-state index in [0.717, 1.165) is 16.9 Å². The monoisotopic (exact) mass is 362 g/mol. The average Bonchev–Trinajstić information content (AvgIpc) is 2.50. The normalized spacial score (nSPS) is 14.0. The van der Waals surface area contributed by atoms with E-state index in [1.807, 2.05) is 27.8 Å². The first-order chi connectivity index (χ1) is 12.0. The van der Waals surface area contributed by atoms with Crippen LogP contribution in [0.25, 0.3) is 0 Å². The molecule has 1 aromatic carbocycles. The van der Waals surface area contributed by atoms with Crippen LogP contribution < -0.4 is 15.5 Å². The molecule has 5 nitrogen and oxygen atoms in total. The van der Waals surface area contributed by atoms with Crippen molar-refractivity contribution in [2.45, 2.75) is 59.5 Å². The molecule has 0 aliphatic rings. The highest BCUT2D eigenvalue weighted by atomic mass is 16.2. The lowest BCUT2D eigenvalue weighted by molar-refractivity contribution is -0.862. The van der Waals surface area contributed by atoms with Gasteiger partial charge in [0, 0.05) is 5.54 Å². The van der Waals surface area contributed by atoms with Gasteiger partial charge in [-0.05, 0) is 44.2 Å². The summed E-state index contributed by atoms with van der Waals surface area (Å²) < 4.78 is 0. The van der Waals surface area contributed by atoms with Crippen LogP contribution in [0.3, 0.4) is 0 Å². The van der Waals surface area contributed by atoms with Crippen molar-refractivity contribution in [3.05, 3.63) is 35.4 Å². The number of nitrogens with one attached hydrogen (secondary N) is 3. The Bertz CT molecular complexity index is 588. The lowest BCUT2D eigenvalue weighted by Crippen LogP contribution is -3.11. The number of hydrogen-bond acceptors (Lipinski definition) is 2. The molecule has 1 unspecified atom stereocenters. The van der Waals surface area contributed by atoms with Gasteiger partial charge in [-0.3, -0.25) is 9.59 Å². The fourth-order valence-electron chi connectivity index (χ4n) is 2.89. The lowest BCUT2D eigenvalue weighted by atomic mass is 9.95. The third kappa shape index (κ3) is 8.00. The topological polar surface area (TPSA) is 62.6 Å². The van der Waals surface area contributed by atoms with Crippen molar-refractivity contribution in [2.24, 2.45) is 5.92 Å². The van der Waals surface area contributed by atoms with E-state index < -0.39 is 0 Å². The number of aryl methyl sites for hydroxylation is 1. The molecule has 2 amide bonds. The van der Waals surface area contributed by atoms with Crippen molar-refractivity contribution < 1.29 is 14.5 Å². The first-order valence-corrected chi connectivity index (χ1v) is 9.52. The molecule has 0 heterocycles. The molecule has 0 spiro atoms. The summed E-state index contributed by atoms with van der Waals surface area (Å²) >= 11 is 0. The van der Waals surface area contributed by atoms with E-state index in [4.69, 9.17) is 0 Å². The van der Waals surface area contributed by atoms with Gasteiger partial charge in [0.2, 0.25) is 0 Å². The minimum atomic E-state index is -0.257. The van der Waals surface area contributed by atoms with Gasteiger partial charge in [-0.2, -0.15) is 0 Å². The first-order valence-electron chi connectivity index (χ1n) is 9.52. The minimum Gasteiger partial charge on any atom is -0.347 e. The van der Waals surface area contributed by atoms with E-state index in [9.17, 15) is 9.59 Å². The molecule has 5 heteroatoms. The number of carbonyl (C=O) groups is 2. The molecule has 0 aliphatic heterocycles. The van der Waals surface area contributed by atoms with Crippen LogP contribution in [0.15, 0.2) is 24.3 Å². The number of amides is 2. The molecule has 0 saturated carbocycles. The Hall–Kier alpha value is -1.88. The van der Waals surface area contributed by atoms with Crippen LogP contribution in [0, 0.1) is 5.92 Å². The Morgan fingerprint density at radius 1 is 1.04 bits per heavy atom. The van der Waals surface area contributed by atoms with E-state index in [1.165, 1.54) is 5.56 Å². The SMILES string of the molecule is CCc1ccc([C@@H](NC(=O)C[NH+](C)CC(=O)NC(C)(C)C)C(C)C)cc1. The van der Waals surface area contributed by atoms with Gasteiger partial charge in [0.05, 0.1) is 13.1 Å². The highest BCUT2D eigenvalue weighted by Crippen LogP contribution is 2.22. The van der Waals surface area contributed by atoms with Crippen molar-refractivity contribution >= 4 is 11.8 Å². The number of likely N-dealkylation sites (N-methyl/N-ethyl adjacent to an activating group) is 1. The second-order valence-electron chi connectivity index (χ2n) is 8.49. The van der Waals surface area contributed by atoms with Gasteiger partial charge in [-0.25, -0.2) is 0 Å². The van der Waals surface area contributed by atoms with Gasteiger partial charge in [-0.1, -0.05) is 45.0 Å². The molecule has 0 fully saturated rings. The lowest BCUT2D eigenvalue weighted by Gasteiger charge is -2.24. The Labute approximate surface area is 158 Å². The van der Waals surface area contributed by atoms with Crippen LogP contribution in [-0.2, 0) is 16.0 Å². The Morgan fingerprint density at radius 3 is 2.04 bits per heavy atom. The summed E-state index contributed by atoms with van der Waals surface area (Å²) in [5.41, 5.74) is 2.15. The van der Waals surface area contributed by atoms with Crippen LogP contribution in [0.1, 0.15) is 58.7 Å². The molecule has 0 aliphatic carbocycles. The minimum absolute atomic E-state index is 0.0235. The van der Waals surface area contributed by atoms with Crippen molar-refractivity contribution in [1.82, 2.24) is 10.6 Å². The molecule has 0 bridgehead atoms. The molecule has 2 atom stereocenters. The van der Waals surface area contributed by atoms with Crippen molar-refractivity contribution in [3.8, 4) is 0 Å². The summed E-state index contributed by atoms with van der Waals surface area (Å²) in [6.45, 7) is 12.7. The van der Waals surface area contributed by atoms with E-state index in [-0.39, 0.29) is 42.4 Å².